The number of nitrogens with one attached hydrogen (secondary N) is 2. The van der Waals surface area contributed by atoms with Crippen molar-refractivity contribution in [2.24, 2.45) is 0 Å². The van der Waals surface area contributed by atoms with Crippen molar-refractivity contribution in [3.05, 3.63) is 72.3 Å². The summed E-state index contributed by atoms with van der Waals surface area (Å²) in [6.45, 7) is 1.00. The zero-order valence-electron chi connectivity index (χ0n) is 17.2. The first-order valence-corrected chi connectivity index (χ1v) is 9.53. The van der Waals surface area contributed by atoms with Crippen LogP contribution in [0, 0.1) is 0 Å². The van der Waals surface area contributed by atoms with E-state index in [1.54, 1.807) is 37.5 Å². The molecule has 158 valence electrons. The molecule has 0 aliphatic heterocycles. The summed E-state index contributed by atoms with van der Waals surface area (Å²) < 4.78 is 10.2. The minimum Gasteiger partial charge on any atom is -0.497 e. The predicted octanol–water partition coefficient (Wildman–Crippen LogP) is 4.00. The molecule has 0 saturated carbocycles. The molecule has 3 aromatic rings. The maximum Gasteiger partial charge on any atom is 0.331 e. The van der Waals surface area contributed by atoms with Gasteiger partial charge in [-0.15, -0.1) is 0 Å². The van der Waals surface area contributed by atoms with Gasteiger partial charge in [-0.2, -0.15) is 0 Å². The third-order valence-corrected chi connectivity index (χ3v) is 4.32. The van der Waals surface area contributed by atoms with Crippen LogP contribution in [0.2, 0.25) is 0 Å². The van der Waals surface area contributed by atoms with E-state index in [1.807, 2.05) is 36.4 Å². The molecule has 7 heteroatoms. The number of rotatable bonds is 7. The van der Waals surface area contributed by atoms with Gasteiger partial charge in [0.1, 0.15) is 5.75 Å². The Morgan fingerprint density at radius 1 is 0.871 bits per heavy atom. The van der Waals surface area contributed by atoms with E-state index in [0.717, 1.165) is 22.1 Å². The number of carbonyl (C=O) groups excluding carboxylic acids is 3. The minimum atomic E-state index is -0.619. The quantitative estimate of drug-likeness (QED) is 0.447. The minimum absolute atomic E-state index is 0.180. The van der Waals surface area contributed by atoms with Gasteiger partial charge in [-0.25, -0.2) is 4.79 Å². The molecule has 0 heterocycles. The van der Waals surface area contributed by atoms with E-state index in [2.05, 4.69) is 10.6 Å². The van der Waals surface area contributed by atoms with Gasteiger partial charge in [0, 0.05) is 24.4 Å². The first-order chi connectivity index (χ1) is 14.9. The summed E-state index contributed by atoms with van der Waals surface area (Å²) in [6, 6.07) is 18.1. The highest BCUT2D eigenvalue weighted by molar-refractivity contribution is 5.95. The van der Waals surface area contributed by atoms with E-state index in [1.165, 1.54) is 13.0 Å². The van der Waals surface area contributed by atoms with Gasteiger partial charge in [-0.1, -0.05) is 18.2 Å². The van der Waals surface area contributed by atoms with Crippen molar-refractivity contribution in [3.63, 3.8) is 0 Å². The van der Waals surface area contributed by atoms with Gasteiger partial charge < -0.3 is 20.1 Å². The molecule has 0 bridgehead atoms. The normalized spacial score (nSPS) is 10.6. The molecule has 0 aromatic heterocycles. The Bertz CT molecular complexity index is 1140. The van der Waals surface area contributed by atoms with E-state index in [-0.39, 0.29) is 5.91 Å². The van der Waals surface area contributed by atoms with Gasteiger partial charge in [0.2, 0.25) is 5.91 Å². The number of benzene rings is 3. The Hall–Kier alpha value is -4.13. The number of hydrogen-bond donors (Lipinski definition) is 2. The van der Waals surface area contributed by atoms with Crippen molar-refractivity contribution in [2.45, 2.75) is 6.92 Å². The Kier molecular flexibility index (Phi) is 7.01. The van der Waals surface area contributed by atoms with Gasteiger partial charge in [-0.3, -0.25) is 9.59 Å². The third-order valence-electron chi connectivity index (χ3n) is 4.32. The number of ether oxygens (including phenoxy) is 2. The lowest BCUT2D eigenvalue weighted by atomic mass is 10.1. The van der Waals surface area contributed by atoms with E-state index in [0.29, 0.717) is 11.4 Å². The van der Waals surface area contributed by atoms with Crippen molar-refractivity contribution in [2.75, 3.05) is 24.4 Å². The van der Waals surface area contributed by atoms with E-state index >= 15 is 0 Å². The molecule has 0 spiro atoms. The van der Waals surface area contributed by atoms with Crippen LogP contribution in [0.15, 0.2) is 66.7 Å². The molecule has 0 radical (unpaired) electrons. The van der Waals surface area contributed by atoms with Crippen LogP contribution >= 0.6 is 0 Å². The molecule has 2 amide bonds. The summed E-state index contributed by atoms with van der Waals surface area (Å²) in [7, 11) is 1.62. The van der Waals surface area contributed by atoms with Crippen molar-refractivity contribution in [1.29, 1.82) is 0 Å². The van der Waals surface area contributed by atoms with Crippen LogP contribution < -0.4 is 15.4 Å². The van der Waals surface area contributed by atoms with Crippen LogP contribution in [0.5, 0.6) is 5.75 Å². The van der Waals surface area contributed by atoms with Crippen molar-refractivity contribution in [3.8, 4) is 5.75 Å². The Balaban J connectivity index is 1.50. The van der Waals surface area contributed by atoms with E-state index in [9.17, 15) is 14.4 Å². The highest BCUT2D eigenvalue weighted by Gasteiger charge is 2.06. The van der Waals surface area contributed by atoms with Crippen molar-refractivity contribution in [1.82, 2.24) is 0 Å². The average molecular weight is 418 g/mol. The zero-order chi connectivity index (χ0) is 22.2. The van der Waals surface area contributed by atoms with Gasteiger partial charge in [0.25, 0.3) is 5.91 Å². The molecule has 2 N–H and O–H groups in total. The molecule has 7 nitrogen and oxygen atoms in total. The van der Waals surface area contributed by atoms with Gasteiger partial charge in [0.15, 0.2) is 6.61 Å². The van der Waals surface area contributed by atoms with Crippen LogP contribution in [0.1, 0.15) is 12.5 Å². The fraction of sp³-hybridized carbons (Fsp3) is 0.125. The second-order valence-electron chi connectivity index (χ2n) is 6.72. The molecular formula is C24H22N2O5. The topological polar surface area (TPSA) is 93.7 Å². The molecule has 0 saturated heterocycles. The summed E-state index contributed by atoms with van der Waals surface area (Å²) in [5.74, 6) is -0.485. The highest BCUT2D eigenvalue weighted by Crippen LogP contribution is 2.22. The third kappa shape index (κ3) is 6.43. The summed E-state index contributed by atoms with van der Waals surface area (Å²) in [5.41, 5.74) is 1.98. The molecule has 3 aromatic carbocycles. The standard InChI is InChI=1S/C24H22N2O5/c1-16(27)25-20-7-9-21(10-8-20)26-23(28)15-31-24(29)12-4-17-3-5-19-14-22(30-2)11-6-18(19)13-17/h3-14H,15H2,1-2H3,(H,25,27)(H,26,28)/b12-4+. The van der Waals surface area contributed by atoms with E-state index < -0.39 is 18.5 Å². The van der Waals surface area contributed by atoms with Gasteiger partial charge in [0.05, 0.1) is 7.11 Å². The van der Waals surface area contributed by atoms with E-state index in [4.69, 9.17) is 9.47 Å². The Morgan fingerprint density at radius 2 is 1.52 bits per heavy atom. The maximum absolute atomic E-state index is 12.0. The van der Waals surface area contributed by atoms with Crippen LogP contribution in [-0.4, -0.2) is 31.5 Å². The first-order valence-electron chi connectivity index (χ1n) is 9.53. The van der Waals surface area contributed by atoms with Crippen molar-refractivity contribution < 1.29 is 23.9 Å². The number of amides is 2. The lowest BCUT2D eigenvalue weighted by Gasteiger charge is -2.07. The molecule has 0 fully saturated rings. The van der Waals surface area contributed by atoms with Crippen LogP contribution in [-0.2, 0) is 19.1 Å². The lowest BCUT2D eigenvalue weighted by molar-refractivity contribution is -0.142. The number of fused-ring (bicyclic) bond motifs is 1. The Morgan fingerprint density at radius 3 is 2.19 bits per heavy atom. The SMILES string of the molecule is COc1ccc2cc(/C=C/C(=O)OCC(=O)Nc3ccc(NC(C)=O)cc3)ccc2c1. The molecule has 3 rings (SSSR count). The summed E-state index contributed by atoms with van der Waals surface area (Å²) in [6.07, 6.45) is 2.91. The number of methoxy groups -OCH3 is 1. The van der Waals surface area contributed by atoms with Crippen LogP contribution in [0.4, 0.5) is 11.4 Å². The molecule has 0 aliphatic rings. The molecule has 0 unspecified atom stereocenters. The van der Waals surface area contributed by atoms with Crippen molar-refractivity contribution >= 4 is 46.0 Å². The van der Waals surface area contributed by atoms with Crippen LogP contribution in [0.25, 0.3) is 16.8 Å². The smallest absolute Gasteiger partial charge is 0.331 e. The fourth-order valence-corrected chi connectivity index (χ4v) is 2.86. The summed E-state index contributed by atoms with van der Waals surface area (Å²) in [5, 5.41) is 7.29. The number of carbonyl (C=O) groups is 3. The summed E-state index contributed by atoms with van der Waals surface area (Å²) >= 11 is 0. The average Bonchev–Trinajstić information content (AvgIpc) is 2.76. The fourth-order valence-electron chi connectivity index (χ4n) is 2.86. The molecule has 0 aliphatic carbocycles. The monoisotopic (exact) mass is 418 g/mol. The second-order valence-corrected chi connectivity index (χ2v) is 6.72. The number of anilines is 2. The first kappa shape index (κ1) is 21.6. The summed E-state index contributed by atoms with van der Waals surface area (Å²) in [4.78, 5) is 34.9. The second kappa shape index (κ2) is 10.1. The maximum atomic E-state index is 12.0. The highest BCUT2D eigenvalue weighted by atomic mass is 16.5. The predicted molar refractivity (Wildman–Crippen MR) is 120 cm³/mol. The number of hydrogen-bond acceptors (Lipinski definition) is 5. The largest absolute Gasteiger partial charge is 0.497 e. The molecule has 31 heavy (non-hydrogen) atoms. The molecular weight excluding hydrogens is 396 g/mol. The van der Waals surface area contributed by atoms with Gasteiger partial charge >= 0.3 is 5.97 Å². The zero-order valence-corrected chi connectivity index (χ0v) is 17.2. The number of esters is 1. The van der Waals surface area contributed by atoms with Crippen LogP contribution in [0.3, 0.4) is 0 Å². The van der Waals surface area contributed by atoms with Gasteiger partial charge in [-0.05, 0) is 64.9 Å². The molecule has 0 atom stereocenters. The Labute approximate surface area is 179 Å². The lowest BCUT2D eigenvalue weighted by Crippen LogP contribution is -2.20.